The zero-order valence-electron chi connectivity index (χ0n) is 16.5. The molecule has 1 aliphatic rings. The molecule has 0 spiro atoms. The average molecular weight is 409 g/mol. The largest absolute Gasteiger partial charge is 0.330 e. The maximum atomic E-state index is 12.9. The first-order valence-electron chi connectivity index (χ1n) is 10.00. The number of carbonyl (C=O) groups excluding carboxylic acids is 1. The van der Waals surface area contributed by atoms with Crippen molar-refractivity contribution >= 4 is 17.7 Å². The minimum absolute atomic E-state index is 0.167. The fourth-order valence-electron chi connectivity index (χ4n) is 3.59. The van der Waals surface area contributed by atoms with Crippen LogP contribution in [0.25, 0.3) is 11.4 Å². The topological polar surface area (TPSA) is 66.3 Å². The third-order valence-corrected chi connectivity index (χ3v) is 6.17. The van der Waals surface area contributed by atoms with E-state index in [2.05, 4.69) is 39.4 Å². The Hall–Kier alpha value is -2.64. The SMILES string of the molecule is C[C@@H](Sc1n[nH]c(-c2ccccc2)n1)C(=O)N1CC[NH+](Cc2ccccc2)CC1. The molecule has 7 heteroatoms. The average Bonchev–Trinajstić information content (AvgIpc) is 3.23. The van der Waals surface area contributed by atoms with E-state index in [1.54, 1.807) is 0 Å². The van der Waals surface area contributed by atoms with Crippen molar-refractivity contribution in [3.63, 3.8) is 0 Å². The summed E-state index contributed by atoms with van der Waals surface area (Å²) in [5.41, 5.74) is 2.34. The minimum Gasteiger partial charge on any atom is -0.330 e. The molecule has 0 unspecified atom stereocenters. The fraction of sp³-hybridized carbons (Fsp3) is 0.318. The zero-order chi connectivity index (χ0) is 20.1. The molecule has 0 saturated carbocycles. The molecule has 1 aliphatic heterocycles. The second kappa shape index (κ2) is 9.24. The Morgan fingerprint density at radius 1 is 1.10 bits per heavy atom. The number of nitrogens with one attached hydrogen (secondary N) is 2. The first kappa shape index (κ1) is 19.7. The molecule has 4 rings (SSSR count). The molecule has 2 N–H and O–H groups in total. The van der Waals surface area contributed by atoms with Crippen LogP contribution in [0.1, 0.15) is 12.5 Å². The van der Waals surface area contributed by atoms with Gasteiger partial charge in [-0.25, -0.2) is 4.98 Å². The Bertz CT molecular complexity index is 923. The highest BCUT2D eigenvalue weighted by molar-refractivity contribution is 8.00. The number of piperazine rings is 1. The van der Waals surface area contributed by atoms with Crippen LogP contribution in [0, 0.1) is 0 Å². The molecule has 1 amide bonds. The Kier molecular flexibility index (Phi) is 6.27. The van der Waals surface area contributed by atoms with Crippen LogP contribution in [-0.4, -0.2) is 57.4 Å². The normalized spacial score (nSPS) is 16.0. The number of nitrogens with zero attached hydrogens (tertiary/aromatic N) is 3. The lowest BCUT2D eigenvalue weighted by Gasteiger charge is -2.33. The molecule has 2 heterocycles. The zero-order valence-corrected chi connectivity index (χ0v) is 17.4. The Balaban J connectivity index is 1.28. The first-order chi connectivity index (χ1) is 14.2. The molecule has 29 heavy (non-hydrogen) atoms. The van der Waals surface area contributed by atoms with Crippen LogP contribution in [-0.2, 0) is 11.3 Å². The summed E-state index contributed by atoms with van der Waals surface area (Å²) in [6.07, 6.45) is 0. The van der Waals surface area contributed by atoms with Crippen LogP contribution in [0.4, 0.5) is 0 Å². The van der Waals surface area contributed by atoms with Crippen LogP contribution in [0.3, 0.4) is 0 Å². The number of carbonyl (C=O) groups is 1. The predicted molar refractivity (Wildman–Crippen MR) is 115 cm³/mol. The first-order valence-corrected chi connectivity index (χ1v) is 10.9. The summed E-state index contributed by atoms with van der Waals surface area (Å²) in [4.78, 5) is 20.9. The number of amides is 1. The summed E-state index contributed by atoms with van der Waals surface area (Å²) >= 11 is 1.41. The van der Waals surface area contributed by atoms with Crippen molar-refractivity contribution in [3.8, 4) is 11.4 Å². The van der Waals surface area contributed by atoms with Crippen LogP contribution in [0.2, 0.25) is 0 Å². The van der Waals surface area contributed by atoms with Crippen LogP contribution in [0.5, 0.6) is 0 Å². The van der Waals surface area contributed by atoms with E-state index in [9.17, 15) is 4.79 Å². The van der Waals surface area contributed by atoms with Crippen LogP contribution >= 0.6 is 11.8 Å². The molecular weight excluding hydrogens is 382 g/mol. The van der Waals surface area contributed by atoms with E-state index >= 15 is 0 Å². The number of hydrogen-bond donors (Lipinski definition) is 2. The summed E-state index contributed by atoms with van der Waals surface area (Å²) in [6.45, 7) is 6.53. The maximum absolute atomic E-state index is 12.9. The van der Waals surface area contributed by atoms with E-state index < -0.39 is 0 Å². The van der Waals surface area contributed by atoms with E-state index in [4.69, 9.17) is 0 Å². The van der Waals surface area contributed by atoms with Gasteiger partial charge in [0.2, 0.25) is 11.1 Å². The highest BCUT2D eigenvalue weighted by Gasteiger charge is 2.28. The molecule has 1 atom stereocenters. The van der Waals surface area contributed by atoms with E-state index in [-0.39, 0.29) is 11.2 Å². The van der Waals surface area contributed by atoms with Gasteiger partial charge in [-0.2, -0.15) is 0 Å². The highest BCUT2D eigenvalue weighted by atomic mass is 32.2. The van der Waals surface area contributed by atoms with E-state index in [1.165, 1.54) is 22.2 Å². The number of aromatic nitrogens is 3. The second-order valence-electron chi connectivity index (χ2n) is 7.33. The third-order valence-electron chi connectivity index (χ3n) is 5.22. The van der Waals surface area contributed by atoms with Gasteiger partial charge in [0.15, 0.2) is 5.82 Å². The van der Waals surface area contributed by atoms with Gasteiger partial charge < -0.3 is 9.80 Å². The Labute approximate surface area is 175 Å². The van der Waals surface area contributed by atoms with E-state index in [0.717, 1.165) is 44.1 Å². The third kappa shape index (κ3) is 5.05. The Morgan fingerprint density at radius 2 is 1.76 bits per heavy atom. The molecule has 1 fully saturated rings. The lowest BCUT2D eigenvalue weighted by molar-refractivity contribution is -0.917. The van der Waals surface area contributed by atoms with Crippen LogP contribution < -0.4 is 4.90 Å². The van der Waals surface area contributed by atoms with Crippen molar-refractivity contribution in [1.82, 2.24) is 20.1 Å². The van der Waals surface area contributed by atoms with Gasteiger partial charge in [0.25, 0.3) is 0 Å². The lowest BCUT2D eigenvalue weighted by Crippen LogP contribution is -3.13. The molecule has 2 aromatic carbocycles. The monoisotopic (exact) mass is 408 g/mol. The summed E-state index contributed by atoms with van der Waals surface area (Å²) in [7, 11) is 0. The van der Waals surface area contributed by atoms with Crippen molar-refractivity contribution < 1.29 is 9.69 Å². The Morgan fingerprint density at radius 3 is 2.45 bits per heavy atom. The van der Waals surface area contributed by atoms with Crippen molar-refractivity contribution in [2.45, 2.75) is 23.9 Å². The van der Waals surface area contributed by atoms with Gasteiger partial charge in [-0.3, -0.25) is 9.89 Å². The van der Waals surface area contributed by atoms with Gasteiger partial charge in [-0.05, 0) is 6.92 Å². The number of hydrogen-bond acceptors (Lipinski definition) is 4. The van der Waals surface area contributed by atoms with Crippen molar-refractivity contribution in [1.29, 1.82) is 0 Å². The van der Waals surface area contributed by atoms with Crippen molar-refractivity contribution in [2.24, 2.45) is 0 Å². The number of quaternary nitrogens is 1. The number of rotatable bonds is 6. The summed E-state index contributed by atoms with van der Waals surface area (Å²) < 4.78 is 0. The van der Waals surface area contributed by atoms with E-state index in [1.807, 2.05) is 48.2 Å². The fourth-order valence-corrected chi connectivity index (χ4v) is 4.40. The van der Waals surface area contributed by atoms with Gasteiger partial charge in [0, 0.05) is 11.1 Å². The quantitative estimate of drug-likeness (QED) is 0.611. The molecule has 1 aromatic heterocycles. The molecule has 0 radical (unpaired) electrons. The van der Waals surface area contributed by atoms with Gasteiger partial charge in [0.1, 0.15) is 6.54 Å². The van der Waals surface area contributed by atoms with Gasteiger partial charge in [-0.15, -0.1) is 5.10 Å². The van der Waals surface area contributed by atoms with Crippen LogP contribution in [0.15, 0.2) is 65.8 Å². The van der Waals surface area contributed by atoms with E-state index in [0.29, 0.717) is 5.16 Å². The smallest absolute Gasteiger partial charge is 0.236 e. The summed E-state index contributed by atoms with van der Waals surface area (Å²) in [5, 5.41) is 7.64. The summed E-state index contributed by atoms with van der Waals surface area (Å²) in [5.74, 6) is 0.894. The minimum atomic E-state index is -0.204. The molecule has 0 bridgehead atoms. The standard InChI is InChI=1S/C22H25N5OS/c1-17(29-22-23-20(24-25-22)19-10-6-3-7-11-19)21(28)27-14-12-26(13-15-27)16-18-8-4-2-5-9-18/h2-11,17H,12-16H2,1H3,(H,23,24,25)/p+1/t17-/m1/s1. The van der Waals surface area contributed by atoms with Crippen molar-refractivity contribution in [3.05, 3.63) is 66.2 Å². The molecule has 1 saturated heterocycles. The second-order valence-corrected chi connectivity index (χ2v) is 8.64. The number of benzene rings is 2. The number of H-pyrrole nitrogens is 1. The maximum Gasteiger partial charge on any atom is 0.236 e. The predicted octanol–water partition coefficient (Wildman–Crippen LogP) is 1.88. The molecule has 150 valence electrons. The van der Waals surface area contributed by atoms with Gasteiger partial charge in [-0.1, -0.05) is 72.4 Å². The number of aromatic amines is 1. The van der Waals surface area contributed by atoms with Gasteiger partial charge >= 0.3 is 0 Å². The summed E-state index contributed by atoms with van der Waals surface area (Å²) in [6, 6.07) is 20.4. The molecule has 3 aromatic rings. The molecule has 6 nitrogen and oxygen atoms in total. The van der Waals surface area contributed by atoms with Gasteiger partial charge in [0.05, 0.1) is 31.4 Å². The number of thioether (sulfide) groups is 1. The highest BCUT2D eigenvalue weighted by Crippen LogP contribution is 2.23. The molecule has 0 aliphatic carbocycles. The molecular formula is C22H26N5OS+. The lowest BCUT2D eigenvalue weighted by atomic mass is 10.2. The van der Waals surface area contributed by atoms with Crippen molar-refractivity contribution in [2.75, 3.05) is 26.2 Å².